The van der Waals surface area contributed by atoms with Crippen molar-refractivity contribution in [2.45, 2.75) is 58.0 Å². The molecule has 1 fully saturated rings. The maximum atomic E-state index is 9.45. The average Bonchev–Trinajstić information content (AvgIpc) is 3.51. The van der Waals surface area contributed by atoms with Crippen LogP contribution in [0.25, 0.3) is 39.1 Å². The van der Waals surface area contributed by atoms with Crippen LogP contribution in [0.2, 0.25) is 0 Å². The summed E-state index contributed by atoms with van der Waals surface area (Å²) in [6.45, 7) is 9.92. The van der Waals surface area contributed by atoms with Crippen LogP contribution in [0.15, 0.2) is 109 Å². The van der Waals surface area contributed by atoms with Crippen molar-refractivity contribution in [2.24, 2.45) is 10.8 Å². The normalized spacial score (nSPS) is 18.9. The van der Waals surface area contributed by atoms with Gasteiger partial charge < -0.3 is 33.5 Å². The summed E-state index contributed by atoms with van der Waals surface area (Å²) in [5.74, 6) is 4.36. The third-order valence-corrected chi connectivity index (χ3v) is 12.9. The SMILES string of the molecule is COc1ccc(C2(c3ccc(OCCO)cc3)C=Cc3c4c(c5cc(-c6ccc(OC)cc6OC)c(OC)cc5c3O2)-c2ccccc2C42CC(C)(C)CC(C)(C)C2)cc1. The Hall–Kier alpha value is -5.92. The molecule has 9 rings (SSSR count). The summed E-state index contributed by atoms with van der Waals surface area (Å²) < 4.78 is 37.1. The molecule has 2 aliphatic carbocycles. The second kappa shape index (κ2) is 14.7. The van der Waals surface area contributed by atoms with E-state index in [1.165, 1.54) is 22.3 Å². The maximum absolute atomic E-state index is 9.45. The van der Waals surface area contributed by atoms with E-state index < -0.39 is 5.60 Å². The molecule has 1 unspecified atom stereocenters. The Kier molecular flexibility index (Phi) is 9.66. The largest absolute Gasteiger partial charge is 0.497 e. The zero-order chi connectivity index (χ0) is 42.0. The molecule has 0 saturated heterocycles. The summed E-state index contributed by atoms with van der Waals surface area (Å²) in [4.78, 5) is 0. The third kappa shape index (κ3) is 6.28. The van der Waals surface area contributed by atoms with Gasteiger partial charge in [0.2, 0.25) is 0 Å². The van der Waals surface area contributed by atoms with E-state index in [1.807, 2.05) is 42.5 Å². The van der Waals surface area contributed by atoms with Gasteiger partial charge in [-0.1, -0.05) is 82.3 Å². The topological polar surface area (TPSA) is 75.6 Å². The van der Waals surface area contributed by atoms with Crippen LogP contribution >= 0.6 is 0 Å². The van der Waals surface area contributed by atoms with Crippen molar-refractivity contribution in [3.05, 3.63) is 137 Å². The molecule has 6 aromatic carbocycles. The molecule has 0 amide bonds. The average molecular weight is 803 g/mol. The lowest BCUT2D eigenvalue weighted by molar-refractivity contribution is 0.0642. The van der Waals surface area contributed by atoms with Crippen LogP contribution in [0.4, 0.5) is 0 Å². The van der Waals surface area contributed by atoms with Gasteiger partial charge in [0.1, 0.15) is 41.1 Å². The zero-order valence-electron chi connectivity index (χ0n) is 35.9. The molecule has 1 spiro atoms. The number of hydrogen-bond acceptors (Lipinski definition) is 7. The van der Waals surface area contributed by atoms with Crippen molar-refractivity contribution >= 4 is 16.8 Å². The Bertz CT molecular complexity index is 2620. The first kappa shape index (κ1) is 39.5. The molecule has 1 aliphatic heterocycles. The molecule has 0 bridgehead atoms. The summed E-state index contributed by atoms with van der Waals surface area (Å²) >= 11 is 0. The Balaban J connectivity index is 1.39. The number of ether oxygens (including phenoxy) is 6. The smallest absolute Gasteiger partial charge is 0.178 e. The monoisotopic (exact) mass is 802 g/mol. The first-order valence-electron chi connectivity index (χ1n) is 20.8. The van der Waals surface area contributed by atoms with Gasteiger partial charge in [-0.05, 0) is 112 Å². The quantitative estimate of drug-likeness (QED) is 0.148. The van der Waals surface area contributed by atoms with Gasteiger partial charge in [-0.2, -0.15) is 0 Å². The molecule has 0 radical (unpaired) electrons. The molecule has 1 N–H and O–H groups in total. The highest BCUT2D eigenvalue weighted by Crippen LogP contribution is 2.67. The fraction of sp³-hybridized carbons (Fsp3) is 0.321. The van der Waals surface area contributed by atoms with Gasteiger partial charge in [0.05, 0.1) is 35.0 Å². The molecule has 0 aromatic heterocycles. The van der Waals surface area contributed by atoms with E-state index in [-0.39, 0.29) is 29.5 Å². The van der Waals surface area contributed by atoms with Gasteiger partial charge in [-0.25, -0.2) is 0 Å². The van der Waals surface area contributed by atoms with Crippen LogP contribution in [-0.2, 0) is 11.0 Å². The second-order valence-corrected chi connectivity index (χ2v) is 18.1. The van der Waals surface area contributed by atoms with Crippen molar-refractivity contribution in [1.82, 2.24) is 0 Å². The first-order valence-corrected chi connectivity index (χ1v) is 20.8. The van der Waals surface area contributed by atoms with Gasteiger partial charge in [0.15, 0.2) is 5.60 Å². The number of aliphatic hydroxyl groups is 1. The Morgan fingerprint density at radius 1 is 0.600 bits per heavy atom. The van der Waals surface area contributed by atoms with Gasteiger partial charge in [-0.3, -0.25) is 0 Å². The predicted octanol–water partition coefficient (Wildman–Crippen LogP) is 11.8. The van der Waals surface area contributed by atoms with Gasteiger partial charge in [0, 0.05) is 44.7 Å². The van der Waals surface area contributed by atoms with Crippen molar-refractivity contribution in [3.63, 3.8) is 0 Å². The van der Waals surface area contributed by atoms with Crippen molar-refractivity contribution in [3.8, 4) is 56.8 Å². The molecule has 1 atom stereocenters. The zero-order valence-corrected chi connectivity index (χ0v) is 35.9. The number of rotatable bonds is 10. The first-order chi connectivity index (χ1) is 28.9. The molecule has 6 aromatic rings. The summed E-state index contributed by atoms with van der Waals surface area (Å²) in [5.41, 5.74) is 8.90. The highest BCUT2D eigenvalue weighted by atomic mass is 16.5. The fourth-order valence-corrected chi connectivity index (χ4v) is 11.4. The second-order valence-electron chi connectivity index (χ2n) is 18.1. The summed E-state index contributed by atoms with van der Waals surface area (Å²) in [7, 11) is 6.76. The van der Waals surface area contributed by atoms with Crippen molar-refractivity contribution < 1.29 is 33.5 Å². The predicted molar refractivity (Wildman–Crippen MR) is 239 cm³/mol. The lowest BCUT2D eigenvalue weighted by Gasteiger charge is -2.52. The minimum Gasteiger partial charge on any atom is -0.497 e. The Morgan fingerprint density at radius 2 is 1.22 bits per heavy atom. The molecule has 60 heavy (non-hydrogen) atoms. The highest BCUT2D eigenvalue weighted by Gasteiger charge is 2.55. The fourth-order valence-electron chi connectivity index (χ4n) is 11.4. The number of aliphatic hydroxyl groups excluding tert-OH is 1. The van der Waals surface area contributed by atoms with Crippen LogP contribution < -0.4 is 28.4 Å². The van der Waals surface area contributed by atoms with E-state index in [2.05, 4.69) is 101 Å². The highest BCUT2D eigenvalue weighted by molar-refractivity contribution is 6.11. The van der Waals surface area contributed by atoms with E-state index in [9.17, 15) is 5.11 Å². The third-order valence-electron chi connectivity index (χ3n) is 12.9. The van der Waals surface area contributed by atoms with Crippen LogP contribution in [0.1, 0.15) is 74.8 Å². The van der Waals surface area contributed by atoms with Crippen LogP contribution in [0, 0.1) is 10.8 Å². The summed E-state index contributed by atoms with van der Waals surface area (Å²) in [5, 5.41) is 11.5. The Labute approximate surface area is 353 Å². The number of benzene rings is 6. The number of methoxy groups -OCH3 is 4. The van der Waals surface area contributed by atoms with Crippen LogP contribution in [0.3, 0.4) is 0 Å². The molecule has 3 aliphatic rings. The molecule has 1 heterocycles. The minimum atomic E-state index is -1.02. The summed E-state index contributed by atoms with van der Waals surface area (Å²) in [6.07, 6.45) is 7.71. The minimum absolute atomic E-state index is 0.0618. The van der Waals surface area contributed by atoms with Gasteiger partial charge in [-0.15, -0.1) is 0 Å². The molecule has 308 valence electrons. The molecule has 1 saturated carbocycles. The lowest BCUT2D eigenvalue weighted by Crippen LogP contribution is -2.44. The van der Waals surface area contributed by atoms with Crippen molar-refractivity contribution in [2.75, 3.05) is 41.7 Å². The molecule has 7 nitrogen and oxygen atoms in total. The van der Waals surface area contributed by atoms with E-state index in [0.29, 0.717) is 23.0 Å². The van der Waals surface area contributed by atoms with E-state index in [0.717, 1.165) is 69.4 Å². The van der Waals surface area contributed by atoms with E-state index >= 15 is 0 Å². The number of hydrogen-bond donors (Lipinski definition) is 1. The molecule has 7 heteroatoms. The molecular weight excluding hydrogens is 749 g/mol. The Morgan fingerprint density at radius 3 is 1.85 bits per heavy atom. The number of fused-ring (bicyclic) bond motifs is 10. The van der Waals surface area contributed by atoms with E-state index in [4.69, 9.17) is 28.4 Å². The van der Waals surface area contributed by atoms with Gasteiger partial charge >= 0.3 is 0 Å². The van der Waals surface area contributed by atoms with E-state index in [1.54, 1.807) is 28.4 Å². The van der Waals surface area contributed by atoms with Crippen molar-refractivity contribution in [1.29, 1.82) is 0 Å². The van der Waals surface area contributed by atoms with Gasteiger partial charge in [0.25, 0.3) is 0 Å². The maximum Gasteiger partial charge on any atom is 0.178 e. The molecular formula is C53H54O7. The van der Waals surface area contributed by atoms with Crippen LogP contribution in [-0.4, -0.2) is 46.8 Å². The van der Waals surface area contributed by atoms with Crippen LogP contribution in [0.5, 0.6) is 34.5 Å². The lowest BCUT2D eigenvalue weighted by atomic mass is 9.52. The standard InChI is InChI=1S/C53H54O7/c1-50(2)30-51(3,4)32-52(31-50)44-12-10-9-11-39(44)47-42-28-41(38-22-21-37(56-6)27-45(38)57-7)46(58-8)29-43(42)49-40(48(47)52)23-24-53(60-49,33-13-17-35(55-5)18-14-33)34-15-19-36(20-16-34)59-26-25-54/h9-24,27-29,54H,25-26,30-32H2,1-8H3. The summed E-state index contributed by atoms with van der Waals surface area (Å²) in [6, 6.07) is 35.6.